The number of rotatable bonds is 10. The average molecular weight is 566 g/mol. The van der Waals surface area contributed by atoms with Crippen molar-refractivity contribution < 1.29 is 27.5 Å². The van der Waals surface area contributed by atoms with Crippen LogP contribution >= 0.6 is 0 Å². The van der Waals surface area contributed by atoms with Crippen LogP contribution in [0.2, 0.25) is 0 Å². The predicted octanol–water partition coefficient (Wildman–Crippen LogP) is 4.68. The number of esters is 1. The van der Waals surface area contributed by atoms with Gasteiger partial charge in [0.25, 0.3) is 15.9 Å². The van der Waals surface area contributed by atoms with Gasteiger partial charge in [0, 0.05) is 0 Å². The molecule has 3 rings (SSSR count). The van der Waals surface area contributed by atoms with Gasteiger partial charge < -0.3 is 9.47 Å². The molecule has 10 heteroatoms. The van der Waals surface area contributed by atoms with Crippen LogP contribution in [0.25, 0.3) is 0 Å². The maximum Gasteiger partial charge on any atom is 0.344 e. The summed E-state index contributed by atoms with van der Waals surface area (Å²) in [6, 6.07) is 18.6. The third kappa shape index (κ3) is 8.67. The van der Waals surface area contributed by atoms with Crippen molar-refractivity contribution in [3.05, 3.63) is 89.0 Å². The Kier molecular flexibility index (Phi) is 9.70. The topological polar surface area (TPSA) is 114 Å². The van der Waals surface area contributed by atoms with E-state index in [1.807, 2.05) is 26.0 Å². The molecule has 0 aliphatic carbocycles. The number of nitrogens with one attached hydrogen (secondary N) is 1. The highest BCUT2D eigenvalue weighted by molar-refractivity contribution is 7.92. The molecule has 0 spiro atoms. The number of sulfonamides is 1. The average Bonchev–Trinajstić information content (AvgIpc) is 2.87. The predicted molar refractivity (Wildman–Crippen MR) is 155 cm³/mol. The lowest BCUT2D eigenvalue weighted by molar-refractivity contribution is -0.157. The van der Waals surface area contributed by atoms with Crippen LogP contribution in [0.4, 0.5) is 5.69 Å². The normalized spacial score (nSPS) is 11.8. The summed E-state index contributed by atoms with van der Waals surface area (Å²) in [7, 11) is -4.04. The first-order chi connectivity index (χ1) is 18.7. The van der Waals surface area contributed by atoms with Crippen LogP contribution in [-0.2, 0) is 24.3 Å². The summed E-state index contributed by atoms with van der Waals surface area (Å²) in [5.41, 5.74) is 5.39. The van der Waals surface area contributed by atoms with E-state index in [0.717, 1.165) is 15.4 Å². The van der Waals surface area contributed by atoms with Gasteiger partial charge >= 0.3 is 5.97 Å². The van der Waals surface area contributed by atoms with Crippen LogP contribution in [-0.4, -0.2) is 45.3 Å². The summed E-state index contributed by atoms with van der Waals surface area (Å²) in [6.07, 6.45) is 1.42. The molecule has 0 saturated carbocycles. The van der Waals surface area contributed by atoms with Gasteiger partial charge in [-0.15, -0.1) is 0 Å². The van der Waals surface area contributed by atoms with Crippen LogP contribution in [0, 0.1) is 20.8 Å². The number of aryl methyl sites for hydroxylation is 3. The number of hydrogen-bond donors (Lipinski definition) is 1. The molecule has 212 valence electrons. The Balaban J connectivity index is 1.69. The highest BCUT2D eigenvalue weighted by atomic mass is 32.2. The number of hydrogen-bond acceptors (Lipinski definition) is 7. The Hall–Kier alpha value is -4.18. The zero-order valence-corrected chi connectivity index (χ0v) is 24.4. The van der Waals surface area contributed by atoms with Crippen molar-refractivity contribution in [2.24, 2.45) is 5.10 Å². The number of benzene rings is 3. The first-order valence-electron chi connectivity index (χ1n) is 12.7. The molecule has 40 heavy (non-hydrogen) atoms. The molecule has 0 radical (unpaired) electrons. The lowest BCUT2D eigenvalue weighted by Gasteiger charge is -2.25. The summed E-state index contributed by atoms with van der Waals surface area (Å²) in [6.45, 7) is 10.2. The molecule has 1 N–H and O–H groups in total. The largest absolute Gasteiger partial charge is 0.482 e. The van der Waals surface area contributed by atoms with Gasteiger partial charge in [-0.25, -0.2) is 18.6 Å². The highest BCUT2D eigenvalue weighted by Crippen LogP contribution is 2.28. The van der Waals surface area contributed by atoms with E-state index in [9.17, 15) is 18.0 Å². The Labute approximate surface area is 235 Å². The van der Waals surface area contributed by atoms with Gasteiger partial charge in [0.15, 0.2) is 6.61 Å². The van der Waals surface area contributed by atoms with Gasteiger partial charge in [-0.1, -0.05) is 29.8 Å². The number of nitrogens with zero attached hydrogens (tertiary/aromatic N) is 2. The minimum atomic E-state index is -4.04. The van der Waals surface area contributed by atoms with Crippen molar-refractivity contribution in [1.29, 1.82) is 0 Å². The van der Waals surface area contributed by atoms with Crippen LogP contribution < -0.4 is 14.5 Å². The second-order valence-electron chi connectivity index (χ2n) is 10.4. The number of anilines is 1. The second-order valence-corrected chi connectivity index (χ2v) is 12.2. The smallest absolute Gasteiger partial charge is 0.344 e. The van der Waals surface area contributed by atoms with Crippen molar-refractivity contribution >= 4 is 33.8 Å². The monoisotopic (exact) mass is 565 g/mol. The molecule has 0 unspecified atom stereocenters. The van der Waals surface area contributed by atoms with Gasteiger partial charge in [0.05, 0.1) is 16.8 Å². The molecule has 0 aromatic heterocycles. The lowest BCUT2D eigenvalue weighted by atomic mass is 10.1. The number of ether oxygens (including phenoxy) is 2. The lowest BCUT2D eigenvalue weighted by Crippen LogP contribution is -2.40. The first kappa shape index (κ1) is 30.4. The third-order valence-corrected chi connectivity index (χ3v) is 7.36. The van der Waals surface area contributed by atoms with E-state index in [1.165, 1.54) is 18.3 Å². The van der Waals surface area contributed by atoms with Gasteiger partial charge in [0.1, 0.15) is 17.9 Å². The van der Waals surface area contributed by atoms with Crippen LogP contribution in [0.15, 0.2) is 76.7 Å². The third-order valence-electron chi connectivity index (χ3n) is 5.59. The molecule has 1 amide bonds. The molecule has 0 heterocycles. The SMILES string of the molecule is Cc1ccc(S(=O)(=O)N(CC(=O)N/N=C\c2ccc(OCC(=O)OC(C)(C)C)cc2)c2cc(C)ccc2C)cc1. The molecule has 0 bridgehead atoms. The number of carbonyl (C=O) groups is 2. The van der Waals surface area contributed by atoms with E-state index < -0.39 is 34.0 Å². The van der Waals surface area contributed by atoms with Gasteiger partial charge in [-0.2, -0.15) is 5.10 Å². The molecular formula is C30H35N3O6S. The quantitative estimate of drug-likeness (QED) is 0.217. The number of hydrazone groups is 1. The first-order valence-corrected chi connectivity index (χ1v) is 14.1. The van der Waals surface area contributed by atoms with Crippen LogP contribution in [0.5, 0.6) is 5.75 Å². The maximum absolute atomic E-state index is 13.6. The molecular weight excluding hydrogens is 530 g/mol. The van der Waals surface area contributed by atoms with E-state index >= 15 is 0 Å². The number of carbonyl (C=O) groups excluding carboxylic acids is 2. The molecule has 0 fully saturated rings. The van der Waals surface area contributed by atoms with Crippen LogP contribution in [0.1, 0.15) is 43.0 Å². The van der Waals surface area contributed by atoms with Crippen LogP contribution in [0.3, 0.4) is 0 Å². The van der Waals surface area contributed by atoms with E-state index in [2.05, 4.69) is 10.5 Å². The van der Waals surface area contributed by atoms with Crippen molar-refractivity contribution in [2.75, 3.05) is 17.5 Å². The van der Waals surface area contributed by atoms with E-state index in [-0.39, 0.29) is 11.5 Å². The molecule has 3 aromatic rings. The molecule has 0 saturated heterocycles. The molecule has 0 aliphatic heterocycles. The standard InChI is InChI=1S/C30H35N3O6S/c1-21-8-15-26(16-9-21)40(36,37)33(27-17-22(2)7-10-23(27)3)19-28(34)32-31-18-24-11-13-25(14-12-24)38-20-29(35)39-30(4,5)6/h7-18H,19-20H2,1-6H3,(H,32,34)/b31-18-. The minimum absolute atomic E-state index is 0.0873. The van der Waals surface area contributed by atoms with E-state index in [0.29, 0.717) is 22.6 Å². The molecule has 3 aromatic carbocycles. The summed E-state index contributed by atoms with van der Waals surface area (Å²) in [5, 5.41) is 3.98. The highest BCUT2D eigenvalue weighted by Gasteiger charge is 2.28. The summed E-state index contributed by atoms with van der Waals surface area (Å²) in [4.78, 5) is 24.8. The zero-order chi connectivity index (χ0) is 29.5. The molecule has 0 atom stereocenters. The Morgan fingerprint density at radius 1 is 0.925 bits per heavy atom. The summed E-state index contributed by atoms with van der Waals surface area (Å²) >= 11 is 0. The fraction of sp³-hybridized carbons (Fsp3) is 0.300. The fourth-order valence-corrected chi connectivity index (χ4v) is 5.11. The van der Waals surface area contributed by atoms with Crippen molar-refractivity contribution in [1.82, 2.24) is 5.43 Å². The molecule has 9 nitrogen and oxygen atoms in total. The Morgan fingerprint density at radius 2 is 1.55 bits per heavy atom. The second kappa shape index (κ2) is 12.8. The van der Waals surface area contributed by atoms with Crippen molar-refractivity contribution in [2.45, 2.75) is 52.0 Å². The summed E-state index contributed by atoms with van der Waals surface area (Å²) in [5.74, 6) is -0.608. The Morgan fingerprint density at radius 3 is 2.17 bits per heavy atom. The van der Waals surface area contributed by atoms with Crippen molar-refractivity contribution in [3.63, 3.8) is 0 Å². The summed E-state index contributed by atoms with van der Waals surface area (Å²) < 4.78 is 38.9. The van der Waals surface area contributed by atoms with Gasteiger partial charge in [-0.3, -0.25) is 9.10 Å². The van der Waals surface area contributed by atoms with Gasteiger partial charge in [-0.05, 0) is 101 Å². The van der Waals surface area contributed by atoms with Gasteiger partial charge in [0.2, 0.25) is 0 Å². The Bertz CT molecular complexity index is 1480. The van der Waals surface area contributed by atoms with E-state index in [1.54, 1.807) is 70.2 Å². The maximum atomic E-state index is 13.6. The molecule has 0 aliphatic rings. The van der Waals surface area contributed by atoms with Crippen molar-refractivity contribution in [3.8, 4) is 5.75 Å². The minimum Gasteiger partial charge on any atom is -0.482 e. The number of amides is 1. The zero-order valence-electron chi connectivity index (χ0n) is 23.6. The fourth-order valence-electron chi connectivity index (χ4n) is 3.63. The van der Waals surface area contributed by atoms with E-state index in [4.69, 9.17) is 9.47 Å².